The molecule has 1 saturated heterocycles. The summed E-state index contributed by atoms with van der Waals surface area (Å²) in [6, 6.07) is 11.4. The van der Waals surface area contributed by atoms with Crippen molar-refractivity contribution in [2.45, 2.75) is 19.3 Å². The standard InChI is InChI=1S/C21H23N5O2S/c27-20(23-10-8-16-6-4-12-29-16)15-5-3-11-26(14-15)21(28)19-13-18(24-25-19)17-7-1-2-9-22-17/h1-2,4,6-7,9,12-13,15H,3,5,8,10-11,14H2,(H,23,27)(H,24,25). The maximum Gasteiger partial charge on any atom is 0.271 e. The normalized spacial score (nSPS) is 16.6. The van der Waals surface area contributed by atoms with Gasteiger partial charge in [-0.2, -0.15) is 5.10 Å². The molecule has 1 aliphatic heterocycles. The number of aromatic nitrogens is 3. The van der Waals surface area contributed by atoms with Crippen molar-refractivity contribution >= 4 is 23.2 Å². The highest BCUT2D eigenvalue weighted by Gasteiger charge is 2.29. The summed E-state index contributed by atoms with van der Waals surface area (Å²) in [6.45, 7) is 1.70. The van der Waals surface area contributed by atoms with Gasteiger partial charge in [0, 0.05) is 30.7 Å². The summed E-state index contributed by atoms with van der Waals surface area (Å²) in [4.78, 5) is 32.7. The van der Waals surface area contributed by atoms with Gasteiger partial charge >= 0.3 is 0 Å². The van der Waals surface area contributed by atoms with Gasteiger partial charge in [0.25, 0.3) is 5.91 Å². The van der Waals surface area contributed by atoms with Crippen LogP contribution in [0.3, 0.4) is 0 Å². The van der Waals surface area contributed by atoms with Crippen molar-refractivity contribution in [2.75, 3.05) is 19.6 Å². The van der Waals surface area contributed by atoms with E-state index in [0.717, 1.165) is 19.3 Å². The van der Waals surface area contributed by atoms with Crippen LogP contribution >= 0.6 is 11.3 Å². The number of rotatable bonds is 6. The fourth-order valence-corrected chi connectivity index (χ4v) is 4.24. The van der Waals surface area contributed by atoms with Crippen LogP contribution in [0.25, 0.3) is 11.4 Å². The molecule has 4 rings (SSSR count). The molecule has 1 fully saturated rings. The van der Waals surface area contributed by atoms with E-state index in [-0.39, 0.29) is 17.7 Å². The SMILES string of the molecule is O=C(NCCc1cccs1)C1CCCN(C(=O)c2cc(-c3ccccn3)n[nH]2)C1. The van der Waals surface area contributed by atoms with Crippen LogP contribution in [0.15, 0.2) is 48.0 Å². The van der Waals surface area contributed by atoms with E-state index in [1.165, 1.54) is 4.88 Å². The Morgan fingerprint density at radius 1 is 1.24 bits per heavy atom. The number of thiophene rings is 1. The Hall–Kier alpha value is -3.00. The lowest BCUT2D eigenvalue weighted by atomic mass is 9.96. The minimum Gasteiger partial charge on any atom is -0.355 e. The number of piperidine rings is 1. The molecule has 150 valence electrons. The topological polar surface area (TPSA) is 91.0 Å². The van der Waals surface area contributed by atoms with Crippen LogP contribution in [0.2, 0.25) is 0 Å². The fourth-order valence-electron chi connectivity index (χ4n) is 3.53. The summed E-state index contributed by atoms with van der Waals surface area (Å²) < 4.78 is 0. The summed E-state index contributed by atoms with van der Waals surface area (Å²) in [5, 5.41) is 12.1. The second-order valence-electron chi connectivity index (χ2n) is 7.09. The minimum atomic E-state index is -0.172. The van der Waals surface area contributed by atoms with Crippen molar-refractivity contribution in [3.05, 3.63) is 58.5 Å². The summed E-state index contributed by atoms with van der Waals surface area (Å²) in [5.74, 6) is -0.275. The number of nitrogens with zero attached hydrogens (tertiary/aromatic N) is 3. The summed E-state index contributed by atoms with van der Waals surface area (Å²) in [6.07, 6.45) is 4.15. The zero-order valence-electron chi connectivity index (χ0n) is 16.0. The molecular formula is C21H23N5O2S. The molecule has 1 unspecified atom stereocenters. The fraction of sp³-hybridized carbons (Fsp3) is 0.333. The van der Waals surface area contributed by atoms with Crippen molar-refractivity contribution in [1.29, 1.82) is 0 Å². The van der Waals surface area contributed by atoms with Gasteiger partial charge in [0.1, 0.15) is 11.4 Å². The first-order chi connectivity index (χ1) is 14.2. The van der Waals surface area contributed by atoms with Crippen LogP contribution in [-0.4, -0.2) is 51.5 Å². The lowest BCUT2D eigenvalue weighted by molar-refractivity contribution is -0.126. The molecule has 3 aromatic rings. The van der Waals surface area contributed by atoms with Gasteiger partial charge in [-0.1, -0.05) is 12.1 Å². The largest absolute Gasteiger partial charge is 0.355 e. The number of hydrogen-bond donors (Lipinski definition) is 2. The molecule has 7 nitrogen and oxygen atoms in total. The lowest BCUT2D eigenvalue weighted by Crippen LogP contribution is -2.45. The second-order valence-corrected chi connectivity index (χ2v) is 8.12. The Kier molecular flexibility index (Phi) is 6.00. The van der Waals surface area contributed by atoms with Crippen molar-refractivity contribution in [3.8, 4) is 11.4 Å². The quantitative estimate of drug-likeness (QED) is 0.655. The van der Waals surface area contributed by atoms with Gasteiger partial charge in [-0.3, -0.25) is 19.7 Å². The average Bonchev–Trinajstić information content (AvgIpc) is 3.46. The monoisotopic (exact) mass is 409 g/mol. The summed E-state index contributed by atoms with van der Waals surface area (Å²) in [5.41, 5.74) is 1.77. The van der Waals surface area contributed by atoms with Crippen molar-refractivity contribution in [2.24, 2.45) is 5.92 Å². The first-order valence-corrected chi connectivity index (χ1v) is 10.6. The second kappa shape index (κ2) is 9.00. The number of hydrogen-bond acceptors (Lipinski definition) is 5. The molecule has 0 aromatic carbocycles. The number of pyridine rings is 1. The third kappa shape index (κ3) is 4.71. The molecule has 0 bridgehead atoms. The van der Waals surface area contributed by atoms with Crippen molar-refractivity contribution in [3.63, 3.8) is 0 Å². The highest BCUT2D eigenvalue weighted by molar-refractivity contribution is 7.09. The van der Waals surface area contributed by atoms with Gasteiger partial charge in [-0.05, 0) is 48.9 Å². The van der Waals surface area contributed by atoms with E-state index >= 15 is 0 Å². The van der Waals surface area contributed by atoms with E-state index in [2.05, 4.69) is 26.6 Å². The number of carbonyl (C=O) groups is 2. The molecule has 1 aliphatic rings. The summed E-state index contributed by atoms with van der Waals surface area (Å²) >= 11 is 1.69. The zero-order valence-corrected chi connectivity index (χ0v) is 16.8. The third-order valence-corrected chi connectivity index (χ3v) is 6.00. The van der Waals surface area contributed by atoms with Crippen molar-refractivity contribution < 1.29 is 9.59 Å². The Morgan fingerprint density at radius 3 is 2.97 bits per heavy atom. The smallest absolute Gasteiger partial charge is 0.271 e. The summed E-state index contributed by atoms with van der Waals surface area (Å²) in [7, 11) is 0. The molecule has 0 saturated carbocycles. The predicted octanol–water partition coefficient (Wildman–Crippen LogP) is 2.74. The molecule has 8 heteroatoms. The Morgan fingerprint density at radius 2 is 2.17 bits per heavy atom. The molecule has 2 N–H and O–H groups in total. The Bertz CT molecular complexity index is 955. The molecule has 0 aliphatic carbocycles. The van der Waals surface area contributed by atoms with Gasteiger partial charge < -0.3 is 10.2 Å². The Labute approximate surface area is 173 Å². The molecule has 3 aromatic heterocycles. The highest BCUT2D eigenvalue weighted by Crippen LogP contribution is 2.20. The minimum absolute atomic E-state index is 0.0258. The number of amides is 2. The van der Waals surface area contributed by atoms with Crippen LogP contribution < -0.4 is 5.32 Å². The maximum atomic E-state index is 12.9. The maximum absolute atomic E-state index is 12.9. The van der Waals surface area contributed by atoms with Gasteiger partial charge in [0.2, 0.25) is 5.91 Å². The van der Waals surface area contributed by atoms with Crippen LogP contribution in [-0.2, 0) is 11.2 Å². The molecular weight excluding hydrogens is 386 g/mol. The van der Waals surface area contributed by atoms with Crippen LogP contribution in [0.1, 0.15) is 28.2 Å². The lowest BCUT2D eigenvalue weighted by Gasteiger charge is -2.31. The Balaban J connectivity index is 1.33. The van der Waals surface area contributed by atoms with Gasteiger partial charge in [0.15, 0.2) is 0 Å². The number of carbonyl (C=O) groups excluding carboxylic acids is 2. The first kappa shape index (κ1) is 19.3. The van der Waals surface area contributed by atoms with Crippen LogP contribution in [0.5, 0.6) is 0 Å². The van der Waals surface area contributed by atoms with E-state index in [1.54, 1.807) is 28.5 Å². The predicted molar refractivity (Wildman–Crippen MR) is 111 cm³/mol. The number of likely N-dealkylation sites (tertiary alicyclic amines) is 1. The first-order valence-electron chi connectivity index (χ1n) is 9.77. The molecule has 2 amide bonds. The number of aromatic amines is 1. The zero-order chi connectivity index (χ0) is 20.1. The molecule has 1 atom stereocenters. The highest BCUT2D eigenvalue weighted by atomic mass is 32.1. The van der Waals surface area contributed by atoms with E-state index in [4.69, 9.17) is 0 Å². The van der Waals surface area contributed by atoms with Gasteiger partial charge in [-0.25, -0.2) is 0 Å². The number of nitrogens with one attached hydrogen (secondary N) is 2. The van der Waals surface area contributed by atoms with Gasteiger partial charge in [-0.15, -0.1) is 11.3 Å². The third-order valence-electron chi connectivity index (χ3n) is 5.07. The van der Waals surface area contributed by atoms with E-state index in [1.807, 2.05) is 29.6 Å². The number of H-pyrrole nitrogens is 1. The average molecular weight is 410 g/mol. The molecule has 0 spiro atoms. The van der Waals surface area contributed by atoms with E-state index in [0.29, 0.717) is 36.7 Å². The molecule has 0 radical (unpaired) electrons. The van der Waals surface area contributed by atoms with Crippen LogP contribution in [0, 0.1) is 5.92 Å². The van der Waals surface area contributed by atoms with E-state index in [9.17, 15) is 9.59 Å². The van der Waals surface area contributed by atoms with E-state index < -0.39 is 0 Å². The van der Waals surface area contributed by atoms with Crippen molar-refractivity contribution in [1.82, 2.24) is 25.4 Å². The molecule has 29 heavy (non-hydrogen) atoms. The molecule has 4 heterocycles. The van der Waals surface area contributed by atoms with Gasteiger partial charge in [0.05, 0.1) is 11.6 Å². The van der Waals surface area contributed by atoms with Crippen LogP contribution in [0.4, 0.5) is 0 Å².